The van der Waals surface area contributed by atoms with Crippen LogP contribution in [0.4, 0.5) is 0 Å². The molecular weight excluding hydrogens is 279 g/mol. The standard InChI is InChI=1S/C13H19N2O4P/c1-15(2)8-7-10-9-14-11-5-4-6-12(13(10)11)19-20(16,17)18-3/h4-6,9,14H,7-8H2,1-3H3,(H,16,17)/p+1. The van der Waals surface area contributed by atoms with E-state index in [1.807, 2.05) is 12.3 Å². The summed E-state index contributed by atoms with van der Waals surface area (Å²) in [7, 11) is 1.26. The van der Waals surface area contributed by atoms with Crippen LogP contribution in [0, 0.1) is 0 Å². The van der Waals surface area contributed by atoms with E-state index in [4.69, 9.17) is 4.52 Å². The van der Waals surface area contributed by atoms with E-state index in [0.717, 1.165) is 36.5 Å². The molecule has 0 aliphatic carbocycles. The Labute approximate surface area is 117 Å². The number of fused-ring (bicyclic) bond motifs is 1. The second kappa shape index (κ2) is 5.97. The number of aromatic amines is 1. The fraction of sp³-hybridized carbons (Fsp3) is 0.385. The summed E-state index contributed by atoms with van der Waals surface area (Å²) in [6, 6.07) is 5.35. The number of hydrogen-bond donors (Lipinski definition) is 3. The Morgan fingerprint density at radius 2 is 2.15 bits per heavy atom. The second-order valence-electron chi connectivity index (χ2n) is 4.94. The summed E-state index contributed by atoms with van der Waals surface area (Å²) in [5, 5.41) is 0.833. The first-order valence-electron chi connectivity index (χ1n) is 6.39. The Balaban J connectivity index is 2.39. The van der Waals surface area contributed by atoms with E-state index in [-0.39, 0.29) is 0 Å². The molecule has 2 rings (SSSR count). The van der Waals surface area contributed by atoms with Crippen LogP contribution in [0.2, 0.25) is 0 Å². The molecule has 1 aromatic heterocycles. The predicted octanol–water partition coefficient (Wildman–Crippen LogP) is 0.980. The molecule has 3 N–H and O–H groups in total. The number of rotatable bonds is 6. The van der Waals surface area contributed by atoms with Crippen molar-refractivity contribution >= 4 is 18.7 Å². The minimum atomic E-state index is -4.05. The van der Waals surface area contributed by atoms with Gasteiger partial charge in [0.05, 0.1) is 20.6 Å². The summed E-state index contributed by atoms with van der Waals surface area (Å²) in [5.41, 5.74) is 1.94. The Hall–Kier alpha value is -1.33. The number of phosphoric ester groups is 1. The molecule has 0 spiro atoms. The van der Waals surface area contributed by atoms with Gasteiger partial charge in [0.2, 0.25) is 0 Å². The van der Waals surface area contributed by atoms with Crippen molar-refractivity contribution in [2.75, 3.05) is 27.7 Å². The van der Waals surface area contributed by atoms with E-state index in [0.29, 0.717) is 5.75 Å². The van der Waals surface area contributed by atoms with Gasteiger partial charge in [-0.3, -0.25) is 9.42 Å². The van der Waals surface area contributed by atoms with E-state index < -0.39 is 7.82 Å². The topological polar surface area (TPSA) is 76.0 Å². The largest absolute Gasteiger partial charge is 0.527 e. The molecule has 0 amide bonds. The molecular formula is C13H20N2O4P+. The summed E-state index contributed by atoms with van der Waals surface area (Å²) < 4.78 is 21.2. The molecule has 0 fully saturated rings. The average molecular weight is 299 g/mol. The summed E-state index contributed by atoms with van der Waals surface area (Å²) in [6.07, 6.45) is 2.76. The number of phosphoric acid groups is 1. The van der Waals surface area contributed by atoms with Crippen LogP contribution < -0.4 is 9.42 Å². The lowest BCUT2D eigenvalue weighted by Gasteiger charge is -2.12. The molecule has 1 aromatic carbocycles. The molecule has 6 nitrogen and oxygen atoms in total. The number of H-pyrrole nitrogens is 1. The predicted molar refractivity (Wildman–Crippen MR) is 77.1 cm³/mol. The minimum absolute atomic E-state index is 0.361. The Kier molecular flexibility index (Phi) is 4.50. The third-order valence-corrected chi connectivity index (χ3v) is 3.98. The first-order valence-corrected chi connectivity index (χ1v) is 7.88. The monoisotopic (exact) mass is 299 g/mol. The van der Waals surface area contributed by atoms with E-state index in [1.54, 1.807) is 12.1 Å². The zero-order valence-corrected chi connectivity index (χ0v) is 12.7. The molecule has 1 atom stereocenters. The molecule has 0 saturated heterocycles. The Morgan fingerprint density at radius 1 is 1.40 bits per heavy atom. The van der Waals surface area contributed by atoms with Crippen LogP contribution in [0.1, 0.15) is 5.56 Å². The van der Waals surface area contributed by atoms with Crippen LogP contribution in [-0.4, -0.2) is 37.6 Å². The Morgan fingerprint density at radius 3 is 2.80 bits per heavy atom. The van der Waals surface area contributed by atoms with Crippen LogP contribution in [0.3, 0.4) is 0 Å². The van der Waals surface area contributed by atoms with E-state index in [9.17, 15) is 9.46 Å². The lowest BCUT2D eigenvalue weighted by molar-refractivity contribution is -0.858. The van der Waals surface area contributed by atoms with Crippen molar-refractivity contribution in [1.29, 1.82) is 0 Å². The smallest absolute Gasteiger partial charge is 0.403 e. The first kappa shape index (κ1) is 15.1. The zero-order chi connectivity index (χ0) is 14.8. The van der Waals surface area contributed by atoms with Crippen LogP contribution >= 0.6 is 7.82 Å². The zero-order valence-electron chi connectivity index (χ0n) is 11.8. The van der Waals surface area contributed by atoms with Gasteiger partial charge >= 0.3 is 7.82 Å². The van der Waals surface area contributed by atoms with Crippen molar-refractivity contribution in [3.05, 3.63) is 30.0 Å². The Bertz CT molecular complexity index is 638. The van der Waals surface area contributed by atoms with Gasteiger partial charge in [0.25, 0.3) is 0 Å². The third-order valence-electron chi connectivity index (χ3n) is 3.09. The number of benzene rings is 1. The molecule has 110 valence electrons. The average Bonchev–Trinajstić information content (AvgIpc) is 2.80. The van der Waals surface area contributed by atoms with Gasteiger partial charge in [0, 0.05) is 30.6 Å². The van der Waals surface area contributed by atoms with Gasteiger partial charge < -0.3 is 14.4 Å². The van der Waals surface area contributed by atoms with Gasteiger partial charge in [0.1, 0.15) is 5.75 Å². The highest BCUT2D eigenvalue weighted by Crippen LogP contribution is 2.45. The van der Waals surface area contributed by atoms with Crippen molar-refractivity contribution in [3.8, 4) is 5.75 Å². The summed E-state index contributed by atoms with van der Waals surface area (Å²) in [4.78, 5) is 14.0. The van der Waals surface area contributed by atoms with Crippen molar-refractivity contribution in [2.24, 2.45) is 0 Å². The van der Waals surface area contributed by atoms with Crippen LogP contribution in [0.15, 0.2) is 24.4 Å². The summed E-state index contributed by atoms with van der Waals surface area (Å²) in [6.45, 7) is 0.961. The number of hydrogen-bond acceptors (Lipinski definition) is 3. The molecule has 0 aliphatic rings. The maximum atomic E-state index is 11.6. The molecule has 0 radical (unpaired) electrons. The van der Waals surface area contributed by atoms with E-state index in [1.165, 1.54) is 4.90 Å². The van der Waals surface area contributed by atoms with Gasteiger partial charge in [-0.2, -0.15) is 0 Å². The fourth-order valence-corrected chi connectivity index (χ4v) is 2.51. The molecule has 0 aliphatic heterocycles. The van der Waals surface area contributed by atoms with Crippen molar-refractivity contribution < 1.29 is 23.4 Å². The maximum absolute atomic E-state index is 11.6. The molecule has 7 heteroatoms. The number of aromatic nitrogens is 1. The van der Waals surface area contributed by atoms with Crippen molar-refractivity contribution in [3.63, 3.8) is 0 Å². The lowest BCUT2D eigenvalue weighted by atomic mass is 10.1. The van der Waals surface area contributed by atoms with Gasteiger partial charge in [-0.25, -0.2) is 4.57 Å². The van der Waals surface area contributed by atoms with Crippen LogP contribution in [0.25, 0.3) is 10.9 Å². The second-order valence-corrected chi connectivity index (χ2v) is 6.43. The summed E-state index contributed by atoms with van der Waals surface area (Å²) in [5.74, 6) is 0.361. The molecule has 2 aromatic rings. The van der Waals surface area contributed by atoms with Crippen molar-refractivity contribution in [1.82, 2.24) is 4.98 Å². The number of quaternary nitrogens is 1. The number of likely N-dealkylation sites (N-methyl/N-ethyl adjacent to an activating group) is 1. The molecule has 1 heterocycles. The normalized spacial score (nSPS) is 14.7. The van der Waals surface area contributed by atoms with Crippen molar-refractivity contribution in [2.45, 2.75) is 6.42 Å². The molecule has 0 bridgehead atoms. The minimum Gasteiger partial charge on any atom is -0.403 e. The van der Waals surface area contributed by atoms with Crippen LogP contribution in [0.5, 0.6) is 5.75 Å². The van der Waals surface area contributed by atoms with Crippen LogP contribution in [-0.2, 0) is 15.5 Å². The SMILES string of the molecule is COP(=O)(O)Oc1cccc2[nH]cc(CC[NH+](C)C)c12. The van der Waals surface area contributed by atoms with Gasteiger partial charge in [-0.05, 0) is 17.7 Å². The van der Waals surface area contributed by atoms with Gasteiger partial charge in [-0.1, -0.05) is 6.07 Å². The highest BCUT2D eigenvalue weighted by atomic mass is 31.2. The molecule has 1 unspecified atom stereocenters. The van der Waals surface area contributed by atoms with E-state index in [2.05, 4.69) is 23.6 Å². The highest BCUT2D eigenvalue weighted by molar-refractivity contribution is 7.47. The molecule has 0 saturated carbocycles. The quantitative estimate of drug-likeness (QED) is 0.695. The molecule has 20 heavy (non-hydrogen) atoms. The lowest BCUT2D eigenvalue weighted by Crippen LogP contribution is -3.05. The maximum Gasteiger partial charge on any atom is 0.527 e. The highest BCUT2D eigenvalue weighted by Gasteiger charge is 2.22. The summed E-state index contributed by atoms with van der Waals surface area (Å²) >= 11 is 0. The van der Waals surface area contributed by atoms with E-state index >= 15 is 0 Å². The third kappa shape index (κ3) is 3.41. The number of nitrogens with one attached hydrogen (secondary N) is 2. The van der Waals surface area contributed by atoms with Gasteiger partial charge in [-0.15, -0.1) is 0 Å². The van der Waals surface area contributed by atoms with Gasteiger partial charge in [0.15, 0.2) is 0 Å². The fourth-order valence-electron chi connectivity index (χ4n) is 2.04. The first-order chi connectivity index (χ1) is 9.43.